The Morgan fingerprint density at radius 2 is 0.842 bits per heavy atom. The Balaban J connectivity index is -0.0000000531. The van der Waals surface area contributed by atoms with Crippen molar-refractivity contribution in [2.75, 3.05) is 48.6 Å². The molecular weight excluding hydrogens is 510 g/mol. The highest BCUT2D eigenvalue weighted by Gasteiger charge is 2.06. The molecule has 0 fully saturated rings. The van der Waals surface area contributed by atoms with Gasteiger partial charge in [0.25, 0.3) is 0 Å². The Hall–Kier alpha value is -3.87. The fourth-order valence-electron chi connectivity index (χ4n) is 1.02. The van der Waals surface area contributed by atoms with Crippen molar-refractivity contribution >= 4 is 41.5 Å². The van der Waals surface area contributed by atoms with E-state index in [1.54, 1.807) is 0 Å². The zero-order valence-electron chi connectivity index (χ0n) is 21.6. The number of aliphatic carboxylic acids is 2. The molecule has 0 aromatic heterocycles. The smallest absolute Gasteiger partial charge is 0.314 e. The van der Waals surface area contributed by atoms with Gasteiger partial charge < -0.3 is 59.7 Å². The van der Waals surface area contributed by atoms with Crippen LogP contribution in [0, 0.1) is 0 Å². The summed E-state index contributed by atoms with van der Waals surface area (Å²) in [6.07, 6.45) is -1.12. The quantitative estimate of drug-likeness (QED) is 0.0995. The number of carboxylic acids is 2. The molecule has 0 rings (SSSR count). The summed E-state index contributed by atoms with van der Waals surface area (Å²) in [6.45, 7) is 1.63. The summed E-state index contributed by atoms with van der Waals surface area (Å²) in [4.78, 5) is 71.6. The van der Waals surface area contributed by atoms with Crippen LogP contribution in [0.3, 0.4) is 0 Å². The lowest BCUT2D eigenvalue weighted by atomic mass is 10.4. The molecule has 0 saturated heterocycles. The average Bonchev–Trinajstić information content (AvgIpc) is 2.81. The predicted molar refractivity (Wildman–Crippen MR) is 145 cm³/mol. The molecule has 230 valence electrons. The Kier molecular flexibility index (Phi) is 67.1. The van der Waals surface area contributed by atoms with Gasteiger partial charge in [0.2, 0.25) is 29.5 Å². The molecule has 0 aliphatic carbocycles. The molecule has 38 heavy (non-hydrogen) atoms. The first-order valence-corrected chi connectivity index (χ1v) is 9.93. The van der Waals surface area contributed by atoms with Gasteiger partial charge in [0.15, 0.2) is 0 Å². The van der Waals surface area contributed by atoms with E-state index in [2.05, 4.69) is 49.5 Å². The molecule has 0 radical (unpaired) electrons. The number of rotatable bonds is 8. The van der Waals surface area contributed by atoms with Crippen molar-refractivity contribution in [1.82, 2.24) is 26.6 Å². The standard InChI is InChI=1S/C7H13N3O3.C5H10N2O2.C3H4O4.CH6N2.2CH5N.2CH4/c1-5(11)9-4-10-7(13)3-6(12)8-2;1-6-4(8)3-5(9)7-2;4-2(5)1-3(6)7;2-1-3;2*1-2;;/h3-4H2,1-2H3,(H,8,12)(H,9,11)(H,10,13);3H2,1-2H3,(H,6,8)(H,7,9);1H2,(H,4,5)(H,6,7);1-3H2;2*2H2,1H3;2*1H4. The van der Waals surface area contributed by atoms with Crippen LogP contribution in [0.5, 0.6) is 0 Å². The van der Waals surface area contributed by atoms with Crippen molar-refractivity contribution in [2.24, 2.45) is 22.9 Å². The molecule has 18 nitrogen and oxygen atoms in total. The SMILES string of the molecule is C.C.CN.CN.CNC(=O)CC(=O)NC.CNC(=O)CC(=O)NCNC(C)=O.NCN.O=C(O)CC(=O)O. The summed E-state index contributed by atoms with van der Waals surface area (Å²) in [6, 6.07) is 0. The number of nitrogens with two attached hydrogens (primary N) is 4. The molecular formula is C20H51N9O9. The molecule has 0 bridgehead atoms. The van der Waals surface area contributed by atoms with Crippen molar-refractivity contribution in [3.63, 3.8) is 0 Å². The second-order valence-electron chi connectivity index (χ2n) is 5.08. The molecule has 5 amide bonds. The van der Waals surface area contributed by atoms with Crippen LogP contribution < -0.4 is 49.5 Å². The third kappa shape index (κ3) is 76.8. The van der Waals surface area contributed by atoms with Gasteiger partial charge in [0.1, 0.15) is 19.3 Å². The second kappa shape index (κ2) is 46.5. The molecule has 0 aliphatic heterocycles. The van der Waals surface area contributed by atoms with Crippen LogP contribution in [0.2, 0.25) is 0 Å². The zero-order valence-corrected chi connectivity index (χ0v) is 21.6. The van der Waals surface area contributed by atoms with Gasteiger partial charge in [0, 0.05) is 34.7 Å². The fraction of sp³-hybridized carbons (Fsp3) is 0.650. The molecule has 0 aromatic rings. The first kappa shape index (κ1) is 54.9. The minimum Gasteiger partial charge on any atom is -0.481 e. The molecule has 0 saturated carbocycles. The number of carboxylic acid groups (broad SMARTS) is 2. The number of hydrogen-bond acceptors (Lipinski definition) is 11. The topological polar surface area (TPSA) is 324 Å². The summed E-state index contributed by atoms with van der Waals surface area (Å²) in [5.41, 5.74) is 18.2. The molecule has 0 aliphatic rings. The van der Waals surface area contributed by atoms with E-state index >= 15 is 0 Å². The lowest BCUT2D eigenvalue weighted by Crippen LogP contribution is -2.38. The van der Waals surface area contributed by atoms with E-state index in [9.17, 15) is 33.6 Å². The van der Waals surface area contributed by atoms with Gasteiger partial charge in [-0.05, 0) is 14.1 Å². The predicted octanol–water partition coefficient (Wildman–Crippen LogP) is -3.97. The maximum atomic E-state index is 10.9. The largest absolute Gasteiger partial charge is 0.481 e. The lowest BCUT2D eigenvalue weighted by Gasteiger charge is -2.04. The molecule has 0 spiro atoms. The summed E-state index contributed by atoms with van der Waals surface area (Å²) in [7, 11) is 7.43. The summed E-state index contributed by atoms with van der Waals surface area (Å²) < 4.78 is 0. The van der Waals surface area contributed by atoms with E-state index in [1.165, 1.54) is 42.2 Å². The van der Waals surface area contributed by atoms with Crippen LogP contribution in [0.25, 0.3) is 0 Å². The molecule has 0 atom stereocenters. The van der Waals surface area contributed by atoms with E-state index in [0.717, 1.165) is 0 Å². The summed E-state index contributed by atoms with van der Waals surface area (Å²) in [5.74, 6) is -4.18. The molecule has 0 heterocycles. The minimum atomic E-state index is -1.31. The third-order valence-electron chi connectivity index (χ3n) is 2.40. The highest BCUT2D eigenvalue weighted by Crippen LogP contribution is 1.77. The second-order valence-corrected chi connectivity index (χ2v) is 5.08. The van der Waals surface area contributed by atoms with Crippen molar-refractivity contribution in [2.45, 2.75) is 41.0 Å². The summed E-state index contributed by atoms with van der Waals surface area (Å²) in [5, 5.41) is 27.1. The number of carbonyl (C=O) groups excluding carboxylic acids is 5. The first-order valence-electron chi connectivity index (χ1n) is 9.93. The zero-order chi connectivity index (χ0) is 30.1. The first-order chi connectivity index (χ1) is 16.8. The average molecular weight is 562 g/mol. The maximum absolute atomic E-state index is 10.9. The van der Waals surface area contributed by atoms with Crippen molar-refractivity contribution in [3.05, 3.63) is 0 Å². The van der Waals surface area contributed by atoms with Gasteiger partial charge >= 0.3 is 11.9 Å². The number of nitrogens with one attached hydrogen (secondary N) is 5. The minimum absolute atomic E-state index is 0. The number of hydrogen-bond donors (Lipinski definition) is 11. The molecule has 0 unspecified atom stereocenters. The van der Waals surface area contributed by atoms with Crippen molar-refractivity contribution < 1.29 is 43.8 Å². The van der Waals surface area contributed by atoms with Gasteiger partial charge in [0.05, 0.1) is 6.67 Å². The highest BCUT2D eigenvalue weighted by atomic mass is 16.4. The van der Waals surface area contributed by atoms with Crippen LogP contribution in [0.4, 0.5) is 0 Å². The van der Waals surface area contributed by atoms with Crippen LogP contribution in [0.1, 0.15) is 41.0 Å². The molecule has 15 N–H and O–H groups in total. The Labute approximate surface area is 225 Å². The van der Waals surface area contributed by atoms with E-state index in [0.29, 0.717) is 0 Å². The van der Waals surface area contributed by atoms with Crippen molar-refractivity contribution in [3.8, 4) is 0 Å². The van der Waals surface area contributed by atoms with Gasteiger partial charge in [-0.3, -0.25) is 33.6 Å². The van der Waals surface area contributed by atoms with Gasteiger partial charge in [-0.1, -0.05) is 14.9 Å². The Morgan fingerprint density at radius 1 is 0.579 bits per heavy atom. The fourth-order valence-corrected chi connectivity index (χ4v) is 1.02. The third-order valence-corrected chi connectivity index (χ3v) is 2.40. The summed E-state index contributed by atoms with van der Waals surface area (Å²) >= 11 is 0. The number of amides is 5. The van der Waals surface area contributed by atoms with Crippen LogP contribution in [-0.2, 0) is 33.6 Å². The van der Waals surface area contributed by atoms with Gasteiger partial charge in [-0.15, -0.1) is 0 Å². The number of carbonyl (C=O) groups is 7. The van der Waals surface area contributed by atoms with E-state index in [1.807, 2.05) is 0 Å². The van der Waals surface area contributed by atoms with E-state index in [4.69, 9.17) is 10.2 Å². The van der Waals surface area contributed by atoms with Crippen LogP contribution in [-0.4, -0.2) is 100 Å². The van der Waals surface area contributed by atoms with Gasteiger partial charge in [-0.25, -0.2) is 0 Å². The monoisotopic (exact) mass is 561 g/mol. The molecule has 18 heteroatoms. The lowest BCUT2D eigenvalue weighted by molar-refractivity contribution is -0.147. The van der Waals surface area contributed by atoms with E-state index < -0.39 is 24.3 Å². The maximum Gasteiger partial charge on any atom is 0.314 e. The highest BCUT2D eigenvalue weighted by molar-refractivity contribution is 5.97. The van der Waals surface area contributed by atoms with Crippen LogP contribution >= 0.6 is 0 Å². The van der Waals surface area contributed by atoms with Crippen LogP contribution in [0.15, 0.2) is 0 Å². The Bertz CT molecular complexity index is 595. The van der Waals surface area contributed by atoms with Crippen molar-refractivity contribution in [1.29, 1.82) is 0 Å². The molecule has 0 aromatic carbocycles. The normalized spacial score (nSPS) is 7.21. The van der Waals surface area contributed by atoms with E-state index in [-0.39, 0.29) is 64.7 Å². The van der Waals surface area contributed by atoms with Gasteiger partial charge in [-0.2, -0.15) is 0 Å². The Morgan fingerprint density at radius 3 is 1.03 bits per heavy atom.